The number of hydrogen-bond acceptors (Lipinski definition) is 2. The molecule has 0 saturated heterocycles. The maximum Gasteiger partial charge on any atom is 0.326 e. The van der Waals surface area contributed by atoms with E-state index in [1.54, 1.807) is 24.3 Å². The highest BCUT2D eigenvalue weighted by Gasteiger charge is 2.30. The molecule has 0 radical (unpaired) electrons. The minimum Gasteiger partial charge on any atom is -0.480 e. The molecule has 0 saturated carbocycles. The molecule has 1 aromatic heterocycles. The Morgan fingerprint density at radius 2 is 2.00 bits per heavy atom. The van der Waals surface area contributed by atoms with Gasteiger partial charge in [-0.05, 0) is 67.5 Å². The van der Waals surface area contributed by atoms with Gasteiger partial charge in [0.05, 0.1) is 0 Å². The van der Waals surface area contributed by atoms with Crippen LogP contribution in [0.1, 0.15) is 49.0 Å². The Labute approximate surface area is 185 Å². The fraction of sp³-hybridized carbons (Fsp3) is 0.360. The third-order valence-corrected chi connectivity index (χ3v) is 6.29. The van der Waals surface area contributed by atoms with Gasteiger partial charge in [-0.1, -0.05) is 25.1 Å². The Morgan fingerprint density at radius 3 is 2.72 bits per heavy atom. The number of carbonyl (C=O) groups excluding carboxylic acids is 1. The van der Waals surface area contributed by atoms with Gasteiger partial charge in [-0.3, -0.25) is 4.79 Å². The van der Waals surface area contributed by atoms with Crippen molar-refractivity contribution in [2.24, 2.45) is 0 Å². The quantitative estimate of drug-likeness (QED) is 0.566. The number of aromatic nitrogens is 1. The highest BCUT2D eigenvalue weighted by atomic mass is 19.1. The summed E-state index contributed by atoms with van der Waals surface area (Å²) < 4.78 is 29.6. The molecule has 168 valence electrons. The van der Waals surface area contributed by atoms with Crippen molar-refractivity contribution < 1.29 is 23.5 Å². The molecule has 3 aromatic rings. The van der Waals surface area contributed by atoms with E-state index < -0.39 is 12.0 Å². The van der Waals surface area contributed by atoms with Crippen LogP contribution in [0.25, 0.3) is 10.9 Å². The van der Waals surface area contributed by atoms with Crippen molar-refractivity contribution in [3.63, 3.8) is 0 Å². The summed E-state index contributed by atoms with van der Waals surface area (Å²) in [6.45, 7) is 1.82. The molecular weight excluding hydrogens is 414 g/mol. The molecule has 0 bridgehead atoms. The van der Waals surface area contributed by atoms with Crippen molar-refractivity contribution in [3.8, 4) is 0 Å². The van der Waals surface area contributed by atoms with Gasteiger partial charge in [-0.15, -0.1) is 0 Å². The summed E-state index contributed by atoms with van der Waals surface area (Å²) in [4.78, 5) is 24.4. The van der Waals surface area contributed by atoms with E-state index in [9.17, 15) is 23.5 Å². The van der Waals surface area contributed by atoms with Crippen LogP contribution in [-0.4, -0.2) is 27.6 Å². The fourth-order valence-electron chi connectivity index (χ4n) is 4.76. The number of benzene rings is 2. The lowest BCUT2D eigenvalue weighted by Crippen LogP contribution is -2.39. The Hall–Kier alpha value is -3.22. The molecular formula is C25H26F2N2O3. The minimum atomic E-state index is -0.917. The van der Waals surface area contributed by atoms with E-state index in [1.165, 1.54) is 18.2 Å². The number of carboxylic acid groups (broad SMARTS) is 1. The highest BCUT2D eigenvalue weighted by Crippen LogP contribution is 2.36. The number of amides is 1. The number of nitrogens with zero attached hydrogens (tertiary/aromatic N) is 1. The van der Waals surface area contributed by atoms with Crippen molar-refractivity contribution in [1.29, 1.82) is 0 Å². The topological polar surface area (TPSA) is 71.3 Å². The molecule has 0 spiro atoms. The normalized spacial score (nSPS) is 16.5. The summed E-state index contributed by atoms with van der Waals surface area (Å²) >= 11 is 0. The van der Waals surface area contributed by atoms with Crippen molar-refractivity contribution >= 4 is 22.8 Å². The first-order chi connectivity index (χ1) is 15.4. The average molecular weight is 440 g/mol. The largest absolute Gasteiger partial charge is 0.480 e. The number of aryl methyl sites for hydroxylation is 1. The maximum absolute atomic E-state index is 14.0. The van der Waals surface area contributed by atoms with Crippen molar-refractivity contribution in [3.05, 3.63) is 70.9 Å². The van der Waals surface area contributed by atoms with Gasteiger partial charge in [-0.2, -0.15) is 0 Å². The zero-order chi connectivity index (χ0) is 22.8. The van der Waals surface area contributed by atoms with Crippen LogP contribution in [0.15, 0.2) is 42.5 Å². The first kappa shape index (κ1) is 22.0. The summed E-state index contributed by atoms with van der Waals surface area (Å²) in [5, 5.41) is 13.4. The third kappa shape index (κ3) is 4.24. The second-order valence-electron chi connectivity index (χ2n) is 8.32. The number of aliphatic carboxylic acids is 1. The van der Waals surface area contributed by atoms with E-state index in [-0.39, 0.29) is 30.0 Å². The lowest BCUT2D eigenvalue weighted by atomic mass is 9.91. The monoisotopic (exact) mass is 440 g/mol. The number of hydrogen-bond donors (Lipinski definition) is 2. The lowest BCUT2D eigenvalue weighted by Gasteiger charge is -2.26. The molecule has 1 amide bonds. The summed E-state index contributed by atoms with van der Waals surface area (Å²) in [5.41, 5.74) is 3.00. The second kappa shape index (κ2) is 9.10. The van der Waals surface area contributed by atoms with Gasteiger partial charge >= 0.3 is 5.97 Å². The summed E-state index contributed by atoms with van der Waals surface area (Å²) in [7, 11) is 0. The second-order valence-corrected chi connectivity index (χ2v) is 8.32. The molecule has 2 atom stereocenters. The van der Waals surface area contributed by atoms with Gasteiger partial charge in [0.2, 0.25) is 5.91 Å². The molecule has 1 aliphatic carbocycles. The Kier molecular flexibility index (Phi) is 6.26. The number of carboxylic acids is 1. The summed E-state index contributed by atoms with van der Waals surface area (Å²) in [5.74, 6) is -1.77. The molecule has 1 aliphatic rings. The molecule has 5 nitrogen and oxygen atoms in total. The number of carbonyl (C=O) groups is 2. The first-order valence-corrected chi connectivity index (χ1v) is 11.0. The average Bonchev–Trinajstić information content (AvgIpc) is 3.06. The predicted molar refractivity (Wildman–Crippen MR) is 118 cm³/mol. The summed E-state index contributed by atoms with van der Waals surface area (Å²) in [6, 6.07) is 9.98. The van der Waals surface area contributed by atoms with E-state index in [0.717, 1.165) is 11.3 Å². The summed E-state index contributed by atoms with van der Waals surface area (Å²) in [6.07, 6.45) is 2.67. The van der Waals surface area contributed by atoms with Crippen LogP contribution < -0.4 is 5.32 Å². The van der Waals surface area contributed by atoms with Gasteiger partial charge < -0.3 is 15.0 Å². The molecule has 2 aromatic carbocycles. The number of rotatable bonds is 7. The van der Waals surface area contributed by atoms with Crippen LogP contribution in [0.2, 0.25) is 0 Å². The standard InChI is InChI=1S/C25H26F2N2O3/c1-2-21(25(31)32)29-22-10-8-16(26)13-18(22)19-14-17(9-11-23(19)29)28-24(30)12-7-15-5-3-4-6-20(15)27/h3-6,8,10,13,17,21H,2,7,9,11-12,14H2,1H3,(H,28,30)(H,31,32). The van der Waals surface area contributed by atoms with Gasteiger partial charge in [0.25, 0.3) is 0 Å². The van der Waals surface area contributed by atoms with Crippen LogP contribution in [0, 0.1) is 11.6 Å². The molecule has 4 rings (SSSR count). The van der Waals surface area contributed by atoms with E-state index in [0.29, 0.717) is 48.6 Å². The molecule has 1 heterocycles. The SMILES string of the molecule is CCC(C(=O)O)n1c2c(c3cc(F)ccc31)CC(NC(=O)CCc1ccccc1F)CC2. The first-order valence-electron chi connectivity index (χ1n) is 11.0. The molecule has 32 heavy (non-hydrogen) atoms. The molecule has 2 unspecified atom stereocenters. The van der Waals surface area contributed by atoms with E-state index in [1.807, 2.05) is 11.5 Å². The molecule has 7 heteroatoms. The third-order valence-electron chi connectivity index (χ3n) is 6.29. The van der Waals surface area contributed by atoms with Gasteiger partial charge in [0.1, 0.15) is 17.7 Å². The zero-order valence-electron chi connectivity index (χ0n) is 17.9. The number of nitrogens with one attached hydrogen (secondary N) is 1. The van der Waals surface area contributed by atoms with Crippen molar-refractivity contribution in [2.75, 3.05) is 0 Å². The minimum absolute atomic E-state index is 0.136. The highest BCUT2D eigenvalue weighted by molar-refractivity contribution is 5.88. The molecule has 2 N–H and O–H groups in total. The van der Waals surface area contributed by atoms with E-state index >= 15 is 0 Å². The van der Waals surface area contributed by atoms with Gasteiger partial charge in [0.15, 0.2) is 0 Å². The predicted octanol–water partition coefficient (Wildman–Crippen LogP) is 4.56. The van der Waals surface area contributed by atoms with E-state index in [4.69, 9.17) is 0 Å². The van der Waals surface area contributed by atoms with Crippen LogP contribution in [0.4, 0.5) is 8.78 Å². The Balaban J connectivity index is 1.55. The zero-order valence-corrected chi connectivity index (χ0v) is 17.9. The Morgan fingerprint density at radius 1 is 1.22 bits per heavy atom. The van der Waals surface area contributed by atoms with Gasteiger partial charge in [0, 0.05) is 29.1 Å². The number of halogens is 2. The van der Waals surface area contributed by atoms with E-state index in [2.05, 4.69) is 5.32 Å². The van der Waals surface area contributed by atoms with Gasteiger partial charge in [-0.25, -0.2) is 13.6 Å². The van der Waals surface area contributed by atoms with Crippen molar-refractivity contribution in [1.82, 2.24) is 9.88 Å². The lowest BCUT2D eigenvalue weighted by molar-refractivity contribution is -0.141. The Bertz CT molecular complexity index is 1170. The van der Waals surface area contributed by atoms with Crippen molar-refractivity contribution in [2.45, 2.75) is 57.5 Å². The molecule has 0 fully saturated rings. The smallest absolute Gasteiger partial charge is 0.326 e. The molecule has 0 aliphatic heterocycles. The van der Waals surface area contributed by atoms with Crippen LogP contribution in [-0.2, 0) is 28.9 Å². The number of fused-ring (bicyclic) bond motifs is 3. The van der Waals surface area contributed by atoms with Crippen LogP contribution in [0.5, 0.6) is 0 Å². The maximum atomic E-state index is 14.0. The van der Waals surface area contributed by atoms with Crippen LogP contribution in [0.3, 0.4) is 0 Å². The van der Waals surface area contributed by atoms with Crippen LogP contribution >= 0.6 is 0 Å². The fourth-order valence-corrected chi connectivity index (χ4v) is 4.76.